The number of fused-ring (bicyclic) bond motifs is 3. The van der Waals surface area contributed by atoms with Crippen molar-refractivity contribution >= 4 is 29.3 Å². The van der Waals surface area contributed by atoms with E-state index in [4.69, 9.17) is 9.47 Å². The van der Waals surface area contributed by atoms with Crippen molar-refractivity contribution in [3.63, 3.8) is 0 Å². The molecular weight excluding hydrogens is 456 g/mol. The molecule has 2 heterocycles. The first kappa shape index (κ1) is 23.5. The predicted molar refractivity (Wildman–Crippen MR) is 127 cm³/mol. The summed E-state index contributed by atoms with van der Waals surface area (Å²) >= 11 is 1.27. The van der Waals surface area contributed by atoms with Gasteiger partial charge in [-0.2, -0.15) is 0 Å². The van der Waals surface area contributed by atoms with E-state index < -0.39 is 12.1 Å². The highest BCUT2D eigenvalue weighted by molar-refractivity contribution is 7.98. The summed E-state index contributed by atoms with van der Waals surface area (Å²) in [5.41, 5.74) is 1.58. The molecule has 1 aliphatic heterocycles. The average Bonchev–Trinajstić information content (AvgIpc) is 2.87. The van der Waals surface area contributed by atoms with Crippen LogP contribution in [0, 0.1) is 0 Å². The molecule has 1 atom stereocenters. The number of esters is 1. The number of amides is 1. The third-order valence-electron chi connectivity index (χ3n) is 5.53. The van der Waals surface area contributed by atoms with Crippen molar-refractivity contribution in [2.75, 3.05) is 18.3 Å². The van der Waals surface area contributed by atoms with Gasteiger partial charge in [0.25, 0.3) is 6.17 Å². The number of benzene rings is 2. The maximum absolute atomic E-state index is 13.4. The molecule has 1 N–H and O–H groups in total. The van der Waals surface area contributed by atoms with Crippen molar-refractivity contribution in [3.8, 4) is 22.8 Å². The maximum Gasteiger partial charge on any atom is 0.325 e. The monoisotopic (exact) mass is 481 g/mol. The molecule has 1 aromatic heterocycles. The standard InChI is InChI=1S/C24H24N4O5S/c1-5-18(29)27-16-12-8-7-10-14(16)20-22(31)25-24(34-4)26-28(20)23(27)15-11-9-13-17(32-3)21(15)33-19(30)6-2/h7-13,23H,5-6H2,1-4H3/p+1/t23-/m1/s1. The summed E-state index contributed by atoms with van der Waals surface area (Å²) in [6, 6.07) is 12.4. The molecule has 0 fully saturated rings. The lowest BCUT2D eigenvalue weighted by atomic mass is 10.00. The van der Waals surface area contributed by atoms with E-state index in [1.807, 2.05) is 6.07 Å². The number of nitrogens with zero attached hydrogens (tertiary/aromatic N) is 3. The van der Waals surface area contributed by atoms with Gasteiger partial charge in [0.2, 0.25) is 11.1 Å². The number of methoxy groups -OCH3 is 1. The topological polar surface area (TPSA) is 105 Å². The van der Waals surface area contributed by atoms with Crippen LogP contribution in [0.3, 0.4) is 0 Å². The molecule has 4 rings (SSSR count). The van der Waals surface area contributed by atoms with Gasteiger partial charge >= 0.3 is 17.2 Å². The highest BCUT2D eigenvalue weighted by Crippen LogP contribution is 2.42. The molecule has 1 aliphatic rings. The first-order chi connectivity index (χ1) is 16.4. The van der Waals surface area contributed by atoms with Crippen LogP contribution in [-0.2, 0) is 9.59 Å². The number of H-pyrrole nitrogens is 1. The zero-order valence-electron chi connectivity index (χ0n) is 19.3. The van der Waals surface area contributed by atoms with Gasteiger partial charge in [0.15, 0.2) is 11.5 Å². The fraction of sp³-hybridized carbons (Fsp3) is 0.292. The van der Waals surface area contributed by atoms with E-state index in [0.717, 1.165) is 0 Å². The molecule has 1 amide bonds. The van der Waals surface area contributed by atoms with Crippen LogP contribution in [0.15, 0.2) is 52.4 Å². The Bertz CT molecular complexity index is 1320. The average molecular weight is 482 g/mol. The summed E-state index contributed by atoms with van der Waals surface area (Å²) in [5.74, 6) is -0.122. The van der Waals surface area contributed by atoms with Crippen LogP contribution in [0.2, 0.25) is 0 Å². The Balaban J connectivity index is 2.10. The van der Waals surface area contributed by atoms with Gasteiger partial charge in [-0.3, -0.25) is 19.4 Å². The quantitative estimate of drug-likeness (QED) is 0.250. The second kappa shape index (κ2) is 9.68. The van der Waals surface area contributed by atoms with Gasteiger partial charge in [-0.15, -0.1) is 0 Å². The van der Waals surface area contributed by atoms with Crippen molar-refractivity contribution < 1.29 is 23.7 Å². The number of carbonyl (C=O) groups excluding carboxylic acids is 2. The SMILES string of the molecule is CCC(=O)Oc1c(OC)cccc1[C@@H]1N(C(=O)CC)c2ccccc2-c2c(=O)[nH]c(SC)n[n+]21. The number of para-hydroxylation sites is 2. The number of aromatic amines is 1. The lowest BCUT2D eigenvalue weighted by Gasteiger charge is -2.32. The van der Waals surface area contributed by atoms with Crippen LogP contribution < -0.4 is 24.6 Å². The predicted octanol–water partition coefficient (Wildman–Crippen LogP) is 3.07. The van der Waals surface area contributed by atoms with Crippen molar-refractivity contribution in [2.24, 2.45) is 0 Å². The van der Waals surface area contributed by atoms with Gasteiger partial charge in [-0.25, -0.2) is 4.90 Å². The number of hydrogen-bond donors (Lipinski definition) is 1. The second-order valence-corrected chi connectivity index (χ2v) is 8.27. The molecule has 0 unspecified atom stereocenters. The van der Waals surface area contributed by atoms with Crippen molar-refractivity contribution in [2.45, 2.75) is 38.0 Å². The van der Waals surface area contributed by atoms with E-state index >= 15 is 0 Å². The Morgan fingerprint density at radius 1 is 1.15 bits per heavy atom. The van der Waals surface area contributed by atoms with Crippen LogP contribution in [0.4, 0.5) is 5.69 Å². The fourth-order valence-corrected chi connectivity index (χ4v) is 4.34. The lowest BCUT2D eigenvalue weighted by molar-refractivity contribution is -0.763. The smallest absolute Gasteiger partial charge is 0.325 e. The van der Waals surface area contributed by atoms with E-state index in [0.29, 0.717) is 33.4 Å². The van der Waals surface area contributed by atoms with Crippen LogP contribution in [-0.4, -0.2) is 35.3 Å². The Kier molecular flexibility index (Phi) is 6.69. The van der Waals surface area contributed by atoms with E-state index in [1.54, 1.807) is 61.4 Å². The highest BCUT2D eigenvalue weighted by Gasteiger charge is 2.47. The van der Waals surface area contributed by atoms with Crippen LogP contribution >= 0.6 is 11.8 Å². The summed E-state index contributed by atoms with van der Waals surface area (Å²) in [7, 11) is 1.48. The second-order valence-electron chi connectivity index (χ2n) is 7.47. The molecular formula is C24H25N4O5S+. The number of ether oxygens (including phenoxy) is 2. The van der Waals surface area contributed by atoms with Gasteiger partial charge in [-0.1, -0.05) is 43.8 Å². The minimum Gasteiger partial charge on any atom is -0.493 e. The third kappa shape index (κ3) is 3.94. The number of anilines is 1. The lowest BCUT2D eigenvalue weighted by Crippen LogP contribution is -2.61. The third-order valence-corrected chi connectivity index (χ3v) is 6.11. The largest absolute Gasteiger partial charge is 0.493 e. The zero-order chi connectivity index (χ0) is 24.4. The Labute approximate surface area is 200 Å². The van der Waals surface area contributed by atoms with Crippen LogP contribution in [0.5, 0.6) is 11.5 Å². The first-order valence-electron chi connectivity index (χ1n) is 10.8. The Hall–Kier alpha value is -3.66. The molecule has 0 bridgehead atoms. The minimum absolute atomic E-state index is 0.154. The summed E-state index contributed by atoms with van der Waals surface area (Å²) in [6.07, 6.45) is 1.28. The Morgan fingerprint density at radius 3 is 2.59 bits per heavy atom. The van der Waals surface area contributed by atoms with E-state index in [9.17, 15) is 14.4 Å². The molecule has 9 nitrogen and oxygen atoms in total. The molecule has 2 aromatic carbocycles. The number of nitrogens with one attached hydrogen (secondary N) is 1. The minimum atomic E-state index is -0.889. The molecule has 0 spiro atoms. The molecule has 0 saturated heterocycles. The number of rotatable bonds is 6. The molecule has 3 aromatic rings. The van der Waals surface area contributed by atoms with E-state index in [1.165, 1.54) is 23.6 Å². The van der Waals surface area contributed by atoms with Gasteiger partial charge in [0.1, 0.15) is 0 Å². The van der Waals surface area contributed by atoms with Gasteiger partial charge in [0, 0.05) is 17.9 Å². The van der Waals surface area contributed by atoms with Crippen molar-refractivity contribution in [1.82, 2.24) is 10.1 Å². The molecule has 0 aliphatic carbocycles. The van der Waals surface area contributed by atoms with E-state index in [-0.39, 0.29) is 30.1 Å². The number of aromatic nitrogens is 3. The van der Waals surface area contributed by atoms with Crippen LogP contribution in [0.1, 0.15) is 38.4 Å². The van der Waals surface area contributed by atoms with Crippen molar-refractivity contribution in [1.29, 1.82) is 0 Å². The van der Waals surface area contributed by atoms with Gasteiger partial charge in [0.05, 0.1) is 23.9 Å². The summed E-state index contributed by atoms with van der Waals surface area (Å²) in [5, 5.41) is 5.05. The molecule has 0 saturated carbocycles. The molecule has 10 heteroatoms. The van der Waals surface area contributed by atoms with Gasteiger partial charge in [-0.05, 0) is 35.2 Å². The number of hydrogen-bond acceptors (Lipinski definition) is 7. The Morgan fingerprint density at radius 2 is 1.91 bits per heavy atom. The molecule has 176 valence electrons. The summed E-state index contributed by atoms with van der Waals surface area (Å²) in [6.45, 7) is 3.46. The molecule has 34 heavy (non-hydrogen) atoms. The summed E-state index contributed by atoms with van der Waals surface area (Å²) < 4.78 is 12.7. The number of carbonyl (C=O) groups is 2. The van der Waals surface area contributed by atoms with Crippen molar-refractivity contribution in [3.05, 3.63) is 58.4 Å². The highest BCUT2D eigenvalue weighted by atomic mass is 32.2. The first-order valence-corrected chi connectivity index (χ1v) is 12.1. The number of thioether (sulfide) groups is 1. The van der Waals surface area contributed by atoms with E-state index in [2.05, 4.69) is 10.1 Å². The summed E-state index contributed by atoms with van der Waals surface area (Å²) in [4.78, 5) is 43.3. The van der Waals surface area contributed by atoms with Crippen LogP contribution in [0.25, 0.3) is 11.3 Å². The fourth-order valence-electron chi connectivity index (χ4n) is 3.98. The maximum atomic E-state index is 13.4. The zero-order valence-corrected chi connectivity index (χ0v) is 20.1. The van der Waals surface area contributed by atoms with Gasteiger partial charge < -0.3 is 9.47 Å². The normalized spacial score (nSPS) is 14.2. The molecule has 0 radical (unpaired) electrons.